The summed E-state index contributed by atoms with van der Waals surface area (Å²) in [5.74, 6) is 0.580. The van der Waals surface area contributed by atoms with E-state index < -0.39 is 10.1 Å². The van der Waals surface area contributed by atoms with Crippen molar-refractivity contribution in [2.45, 2.75) is 11.8 Å². The molecule has 0 aliphatic heterocycles. The van der Waals surface area contributed by atoms with E-state index in [9.17, 15) is 13.0 Å². The topological polar surface area (TPSA) is 66.4 Å². The number of benzene rings is 3. The summed E-state index contributed by atoms with van der Waals surface area (Å²) in [4.78, 5) is -0.247. The van der Waals surface area contributed by atoms with Crippen LogP contribution in [-0.2, 0) is 10.1 Å². The number of fused-ring (bicyclic) bond motifs is 2. The SMILES string of the molecule is COc1c2ccccc2c(C)c2ccc(S(=O)(=O)[O-])cc12. The fourth-order valence-electron chi connectivity index (χ4n) is 2.71. The molecule has 0 fully saturated rings. The zero-order chi connectivity index (χ0) is 15.2. The van der Waals surface area contributed by atoms with Gasteiger partial charge in [-0.15, -0.1) is 0 Å². The highest BCUT2D eigenvalue weighted by Crippen LogP contribution is 2.38. The normalized spacial score (nSPS) is 12.0. The number of hydrogen-bond acceptors (Lipinski definition) is 4. The highest BCUT2D eigenvalue weighted by atomic mass is 32.2. The standard InChI is InChI=1S/C16H14O4S/c1-10-12-5-3-4-6-14(12)16(20-2)15-9-11(21(17,18)19)7-8-13(10)15/h3-9H,1-2H3,(H,17,18,19)/p-1. The van der Waals surface area contributed by atoms with Crippen molar-refractivity contribution >= 4 is 31.7 Å². The van der Waals surface area contributed by atoms with E-state index in [1.165, 1.54) is 19.2 Å². The number of ether oxygens (including phenoxy) is 1. The van der Waals surface area contributed by atoms with Gasteiger partial charge in [-0.1, -0.05) is 30.3 Å². The maximum absolute atomic E-state index is 11.2. The van der Waals surface area contributed by atoms with Crippen LogP contribution in [0.5, 0.6) is 5.75 Å². The average molecular weight is 301 g/mol. The van der Waals surface area contributed by atoms with Crippen LogP contribution in [-0.4, -0.2) is 20.1 Å². The summed E-state index contributed by atoms with van der Waals surface area (Å²) in [6.07, 6.45) is 0. The van der Waals surface area contributed by atoms with Gasteiger partial charge in [0.15, 0.2) is 0 Å². The van der Waals surface area contributed by atoms with Crippen molar-refractivity contribution in [2.24, 2.45) is 0 Å². The number of aryl methyl sites for hydroxylation is 1. The Morgan fingerprint density at radius 1 is 0.952 bits per heavy atom. The zero-order valence-corrected chi connectivity index (χ0v) is 12.4. The Hall–Kier alpha value is -2.11. The van der Waals surface area contributed by atoms with E-state index in [1.54, 1.807) is 6.07 Å². The molecule has 5 heteroatoms. The molecule has 0 unspecified atom stereocenters. The molecule has 4 nitrogen and oxygen atoms in total. The average Bonchev–Trinajstić information content (AvgIpc) is 2.46. The molecule has 0 saturated carbocycles. The molecule has 0 heterocycles. The highest BCUT2D eigenvalue weighted by Gasteiger charge is 2.13. The van der Waals surface area contributed by atoms with Crippen LogP contribution in [0.15, 0.2) is 47.4 Å². The minimum absolute atomic E-state index is 0.247. The molecule has 0 atom stereocenters. The quantitative estimate of drug-likeness (QED) is 0.538. The van der Waals surface area contributed by atoms with Crippen LogP contribution in [0.4, 0.5) is 0 Å². The molecule has 3 aromatic rings. The summed E-state index contributed by atoms with van der Waals surface area (Å²) in [5.41, 5.74) is 1.02. The van der Waals surface area contributed by atoms with Gasteiger partial charge in [-0.2, -0.15) is 0 Å². The highest BCUT2D eigenvalue weighted by molar-refractivity contribution is 7.85. The molecule has 0 aliphatic carbocycles. The van der Waals surface area contributed by atoms with E-state index >= 15 is 0 Å². The van der Waals surface area contributed by atoms with Crippen molar-refractivity contribution in [1.82, 2.24) is 0 Å². The van der Waals surface area contributed by atoms with E-state index in [2.05, 4.69) is 0 Å². The number of methoxy groups -OCH3 is 1. The van der Waals surface area contributed by atoms with E-state index in [-0.39, 0.29) is 4.90 Å². The summed E-state index contributed by atoms with van der Waals surface area (Å²) in [6, 6.07) is 12.1. The first kappa shape index (κ1) is 13.9. The predicted octanol–water partition coefficient (Wildman–Crippen LogP) is 3.21. The molecule has 0 saturated heterocycles. The smallest absolute Gasteiger partial charge is 0.134 e. The lowest BCUT2D eigenvalue weighted by molar-refractivity contribution is 0.424. The lowest BCUT2D eigenvalue weighted by atomic mass is 9.96. The maximum Gasteiger partial charge on any atom is 0.134 e. The summed E-state index contributed by atoms with van der Waals surface area (Å²) in [5, 5.41) is 3.44. The van der Waals surface area contributed by atoms with Gasteiger partial charge in [0.2, 0.25) is 0 Å². The third-order valence-electron chi connectivity index (χ3n) is 3.71. The first-order valence-corrected chi connectivity index (χ1v) is 7.79. The van der Waals surface area contributed by atoms with Crippen molar-refractivity contribution in [2.75, 3.05) is 7.11 Å². The number of rotatable bonds is 2. The molecule has 0 radical (unpaired) electrons. The molecule has 0 amide bonds. The van der Waals surface area contributed by atoms with Crippen LogP contribution >= 0.6 is 0 Å². The van der Waals surface area contributed by atoms with Gasteiger partial charge >= 0.3 is 0 Å². The first-order chi connectivity index (χ1) is 9.93. The minimum atomic E-state index is -4.49. The Labute approximate surface area is 122 Å². The van der Waals surface area contributed by atoms with Crippen LogP contribution in [0.2, 0.25) is 0 Å². The Morgan fingerprint density at radius 2 is 1.57 bits per heavy atom. The van der Waals surface area contributed by atoms with Gasteiger partial charge in [0.05, 0.1) is 12.0 Å². The Kier molecular flexibility index (Phi) is 3.11. The van der Waals surface area contributed by atoms with Gasteiger partial charge in [0.1, 0.15) is 15.9 Å². The molecule has 108 valence electrons. The Morgan fingerprint density at radius 3 is 2.19 bits per heavy atom. The van der Waals surface area contributed by atoms with E-state index in [0.717, 1.165) is 21.7 Å². The van der Waals surface area contributed by atoms with E-state index in [0.29, 0.717) is 11.1 Å². The largest absolute Gasteiger partial charge is 0.744 e. The summed E-state index contributed by atoms with van der Waals surface area (Å²) < 4.78 is 39.2. The fourth-order valence-corrected chi connectivity index (χ4v) is 3.21. The minimum Gasteiger partial charge on any atom is -0.744 e. The van der Waals surface area contributed by atoms with Gasteiger partial charge < -0.3 is 9.29 Å². The molecule has 0 aromatic heterocycles. The van der Waals surface area contributed by atoms with Gasteiger partial charge in [0.25, 0.3) is 0 Å². The van der Waals surface area contributed by atoms with Crippen LogP contribution < -0.4 is 4.74 Å². The second kappa shape index (κ2) is 4.72. The molecular formula is C16H13O4S-. The zero-order valence-electron chi connectivity index (χ0n) is 11.6. The van der Waals surface area contributed by atoms with E-state index in [1.807, 2.05) is 31.2 Å². The second-order valence-corrected chi connectivity index (χ2v) is 6.24. The van der Waals surface area contributed by atoms with Gasteiger partial charge in [-0.3, -0.25) is 0 Å². The first-order valence-electron chi connectivity index (χ1n) is 6.38. The van der Waals surface area contributed by atoms with Crippen LogP contribution in [0.3, 0.4) is 0 Å². The molecule has 3 rings (SSSR count). The van der Waals surface area contributed by atoms with E-state index in [4.69, 9.17) is 4.74 Å². The molecular weight excluding hydrogens is 288 g/mol. The van der Waals surface area contributed by atoms with Crippen LogP contribution in [0, 0.1) is 6.92 Å². The molecule has 0 bridgehead atoms. The van der Waals surface area contributed by atoms with Gasteiger partial charge in [-0.05, 0) is 35.4 Å². The van der Waals surface area contributed by atoms with Gasteiger partial charge in [0, 0.05) is 10.8 Å². The molecule has 0 aliphatic rings. The third kappa shape index (κ3) is 2.14. The summed E-state index contributed by atoms with van der Waals surface area (Å²) >= 11 is 0. The molecule has 0 N–H and O–H groups in total. The Balaban J connectivity index is 2.55. The van der Waals surface area contributed by atoms with Crippen LogP contribution in [0.1, 0.15) is 5.56 Å². The van der Waals surface area contributed by atoms with Crippen molar-refractivity contribution in [3.8, 4) is 5.75 Å². The Bertz CT molecular complexity index is 959. The van der Waals surface area contributed by atoms with Crippen LogP contribution in [0.25, 0.3) is 21.5 Å². The fraction of sp³-hybridized carbons (Fsp3) is 0.125. The lowest BCUT2D eigenvalue weighted by Gasteiger charge is -2.15. The van der Waals surface area contributed by atoms with Crippen molar-refractivity contribution in [3.63, 3.8) is 0 Å². The lowest BCUT2D eigenvalue weighted by Crippen LogP contribution is -1.99. The van der Waals surface area contributed by atoms with Gasteiger partial charge in [-0.25, -0.2) is 8.42 Å². The molecule has 3 aromatic carbocycles. The predicted molar refractivity (Wildman–Crippen MR) is 80.7 cm³/mol. The maximum atomic E-state index is 11.2. The monoisotopic (exact) mass is 301 g/mol. The van der Waals surface area contributed by atoms with Crippen molar-refractivity contribution in [3.05, 3.63) is 48.0 Å². The summed E-state index contributed by atoms with van der Waals surface area (Å²) in [7, 11) is -2.95. The molecule has 21 heavy (non-hydrogen) atoms. The van der Waals surface area contributed by atoms with Crippen molar-refractivity contribution < 1.29 is 17.7 Å². The third-order valence-corrected chi connectivity index (χ3v) is 4.54. The van der Waals surface area contributed by atoms with Crippen molar-refractivity contribution in [1.29, 1.82) is 0 Å². The molecule has 0 spiro atoms. The number of hydrogen-bond donors (Lipinski definition) is 0. The second-order valence-electron chi connectivity index (χ2n) is 4.87. The summed E-state index contributed by atoms with van der Waals surface area (Å²) in [6.45, 7) is 1.97.